The number of aliphatic hydroxyl groups excluding tert-OH is 1. The Morgan fingerprint density at radius 3 is 1.96 bits per heavy atom. The molecule has 0 radical (unpaired) electrons. The van der Waals surface area contributed by atoms with Crippen LogP contribution in [0.4, 0.5) is 0 Å². The number of hydrogen-bond donors (Lipinski definition) is 2. The molecule has 0 aromatic rings. The van der Waals surface area contributed by atoms with Crippen molar-refractivity contribution in [2.45, 2.75) is 70.8 Å². The third-order valence-corrected chi connectivity index (χ3v) is 3.42. The maximum absolute atomic E-state index is 10.2. The summed E-state index contributed by atoms with van der Waals surface area (Å²) in [7, 11) is 0. The number of unbranched alkanes of at least 4 members (excludes halogenated alkanes) is 7. The van der Waals surface area contributed by atoms with Gasteiger partial charge in [0.05, 0.1) is 6.10 Å². The van der Waals surface area contributed by atoms with Gasteiger partial charge < -0.3 is 10.2 Å². The summed E-state index contributed by atoms with van der Waals surface area (Å²) in [4.78, 5) is 10.2. The summed E-state index contributed by atoms with van der Waals surface area (Å²) in [6.07, 6.45) is 24.8. The number of carbonyl (C=O) groups is 1. The third-order valence-electron chi connectivity index (χ3n) is 3.42. The first-order valence-electron chi connectivity index (χ1n) is 8.70. The smallest absolute Gasteiger partial charge is 0.328 e. The maximum Gasteiger partial charge on any atom is 0.328 e. The topological polar surface area (TPSA) is 57.5 Å². The van der Waals surface area contributed by atoms with Gasteiger partial charge in [0.1, 0.15) is 0 Å². The van der Waals surface area contributed by atoms with Gasteiger partial charge in [0, 0.05) is 6.08 Å². The lowest BCUT2D eigenvalue weighted by molar-refractivity contribution is -0.131. The van der Waals surface area contributed by atoms with Gasteiger partial charge >= 0.3 is 5.97 Å². The number of allylic oxidation sites excluding steroid dienone is 7. The Hall–Kier alpha value is -1.61. The van der Waals surface area contributed by atoms with E-state index in [1.807, 2.05) is 25.2 Å². The zero-order chi connectivity index (χ0) is 17.2. The third kappa shape index (κ3) is 20.4. The van der Waals surface area contributed by atoms with Gasteiger partial charge in [-0.05, 0) is 26.2 Å². The Balaban J connectivity index is 3.36. The van der Waals surface area contributed by atoms with Gasteiger partial charge in [-0.3, -0.25) is 0 Å². The molecule has 0 aliphatic heterocycles. The first kappa shape index (κ1) is 21.4. The van der Waals surface area contributed by atoms with Gasteiger partial charge in [-0.25, -0.2) is 4.79 Å². The number of aliphatic carboxylic acids is 1. The molecule has 0 aliphatic carbocycles. The lowest BCUT2D eigenvalue weighted by Crippen LogP contribution is -1.98. The molecule has 0 unspecified atom stereocenters. The Labute approximate surface area is 141 Å². The molecular weight excluding hydrogens is 288 g/mol. The second-order valence-corrected chi connectivity index (χ2v) is 5.80. The van der Waals surface area contributed by atoms with Crippen LogP contribution in [0.25, 0.3) is 0 Å². The Morgan fingerprint density at radius 2 is 1.35 bits per heavy atom. The molecule has 0 saturated carbocycles. The summed E-state index contributed by atoms with van der Waals surface area (Å²) in [5.74, 6) is -0.932. The number of hydrogen-bond acceptors (Lipinski definition) is 2. The van der Waals surface area contributed by atoms with Crippen molar-refractivity contribution in [1.29, 1.82) is 0 Å². The van der Waals surface area contributed by atoms with E-state index in [0.29, 0.717) is 0 Å². The lowest BCUT2D eigenvalue weighted by atomic mass is 10.1. The highest BCUT2D eigenvalue weighted by Gasteiger charge is 1.95. The van der Waals surface area contributed by atoms with Crippen LogP contribution >= 0.6 is 0 Å². The molecule has 0 aromatic heterocycles. The Kier molecular flexibility index (Phi) is 15.6. The van der Waals surface area contributed by atoms with Crippen molar-refractivity contribution < 1.29 is 15.0 Å². The van der Waals surface area contributed by atoms with E-state index in [2.05, 4.69) is 6.08 Å². The van der Waals surface area contributed by atoms with E-state index in [-0.39, 0.29) is 6.10 Å². The molecule has 3 nitrogen and oxygen atoms in total. The number of aliphatic hydroxyl groups is 1. The van der Waals surface area contributed by atoms with Crippen molar-refractivity contribution >= 4 is 5.97 Å². The highest BCUT2D eigenvalue weighted by atomic mass is 16.4. The fourth-order valence-corrected chi connectivity index (χ4v) is 2.16. The molecule has 1 atom stereocenters. The minimum absolute atomic E-state index is 0.146. The van der Waals surface area contributed by atoms with Gasteiger partial charge in [-0.15, -0.1) is 0 Å². The monoisotopic (exact) mass is 320 g/mol. The van der Waals surface area contributed by atoms with Crippen LogP contribution in [0.3, 0.4) is 0 Å². The normalized spacial score (nSPS) is 13.8. The second-order valence-electron chi connectivity index (χ2n) is 5.80. The van der Waals surface area contributed by atoms with Gasteiger partial charge in [0.2, 0.25) is 0 Å². The fraction of sp³-hybridized carbons (Fsp3) is 0.550. The Morgan fingerprint density at radius 1 is 0.826 bits per heavy atom. The van der Waals surface area contributed by atoms with E-state index in [9.17, 15) is 4.79 Å². The van der Waals surface area contributed by atoms with Crippen molar-refractivity contribution in [3.8, 4) is 0 Å². The molecule has 0 fully saturated rings. The zero-order valence-electron chi connectivity index (χ0n) is 14.4. The van der Waals surface area contributed by atoms with E-state index < -0.39 is 5.97 Å². The average molecular weight is 320 g/mol. The molecule has 0 aliphatic rings. The van der Waals surface area contributed by atoms with E-state index >= 15 is 0 Å². The van der Waals surface area contributed by atoms with Gasteiger partial charge in [0.25, 0.3) is 0 Å². The summed E-state index contributed by atoms with van der Waals surface area (Å²) in [5, 5.41) is 17.5. The molecule has 0 heterocycles. The van der Waals surface area contributed by atoms with Gasteiger partial charge in [0.15, 0.2) is 0 Å². The summed E-state index contributed by atoms with van der Waals surface area (Å²) < 4.78 is 0. The zero-order valence-corrected chi connectivity index (χ0v) is 14.4. The molecule has 23 heavy (non-hydrogen) atoms. The van der Waals surface area contributed by atoms with Crippen molar-refractivity contribution in [3.05, 3.63) is 48.6 Å². The molecule has 2 N–H and O–H groups in total. The van der Waals surface area contributed by atoms with Crippen molar-refractivity contribution in [2.75, 3.05) is 0 Å². The van der Waals surface area contributed by atoms with E-state index in [1.54, 1.807) is 12.2 Å². The fourth-order valence-electron chi connectivity index (χ4n) is 2.16. The highest BCUT2D eigenvalue weighted by Crippen LogP contribution is 2.10. The molecule has 0 saturated heterocycles. The second kappa shape index (κ2) is 16.8. The van der Waals surface area contributed by atoms with Crippen LogP contribution in [0.2, 0.25) is 0 Å². The SMILES string of the molecule is C[C@H](O)CCCCCCCCCC=CC=CC=CC=CC(=O)O. The molecular formula is C20H32O3. The number of carboxylic acids is 1. The molecule has 0 aromatic carbocycles. The molecule has 130 valence electrons. The molecule has 0 spiro atoms. The van der Waals surface area contributed by atoms with Crippen molar-refractivity contribution in [3.63, 3.8) is 0 Å². The minimum atomic E-state index is -0.932. The lowest BCUT2D eigenvalue weighted by Gasteiger charge is -2.03. The molecule has 0 bridgehead atoms. The first-order valence-corrected chi connectivity index (χ1v) is 8.70. The van der Waals surface area contributed by atoms with Crippen LogP contribution in [-0.2, 0) is 4.79 Å². The van der Waals surface area contributed by atoms with Gasteiger partial charge in [-0.1, -0.05) is 81.1 Å². The largest absolute Gasteiger partial charge is 0.478 e. The van der Waals surface area contributed by atoms with E-state index in [1.165, 1.54) is 44.6 Å². The van der Waals surface area contributed by atoms with Crippen LogP contribution in [0.5, 0.6) is 0 Å². The van der Waals surface area contributed by atoms with Crippen LogP contribution in [0, 0.1) is 0 Å². The van der Waals surface area contributed by atoms with E-state index in [0.717, 1.165) is 25.3 Å². The predicted molar refractivity (Wildman–Crippen MR) is 97.4 cm³/mol. The average Bonchev–Trinajstić information content (AvgIpc) is 2.49. The van der Waals surface area contributed by atoms with Crippen LogP contribution in [0.1, 0.15) is 64.7 Å². The molecule has 0 amide bonds. The number of rotatable bonds is 14. The maximum atomic E-state index is 10.2. The number of carboxylic acid groups (broad SMARTS) is 1. The van der Waals surface area contributed by atoms with Crippen molar-refractivity contribution in [1.82, 2.24) is 0 Å². The first-order chi connectivity index (χ1) is 11.1. The van der Waals surface area contributed by atoms with Crippen LogP contribution in [0.15, 0.2) is 48.6 Å². The highest BCUT2D eigenvalue weighted by molar-refractivity contribution is 5.80. The van der Waals surface area contributed by atoms with E-state index in [4.69, 9.17) is 10.2 Å². The minimum Gasteiger partial charge on any atom is -0.478 e. The standard InChI is InChI=1S/C20H32O3/c1-19(21)17-15-13-11-9-7-5-3-2-4-6-8-10-12-14-16-18-20(22)23/h4,6,8,10,12,14,16,18-19,21H,2-3,5,7,9,11,13,15,17H2,1H3,(H,22,23)/t19-/m0/s1. The summed E-state index contributed by atoms with van der Waals surface area (Å²) in [6.45, 7) is 1.86. The summed E-state index contributed by atoms with van der Waals surface area (Å²) in [6, 6.07) is 0. The quantitative estimate of drug-likeness (QED) is 0.263. The predicted octanol–water partition coefficient (Wildman–Crippen LogP) is 5.19. The summed E-state index contributed by atoms with van der Waals surface area (Å²) in [5.41, 5.74) is 0. The Bertz CT molecular complexity index is 390. The molecule has 3 heteroatoms. The van der Waals surface area contributed by atoms with Crippen molar-refractivity contribution in [2.24, 2.45) is 0 Å². The van der Waals surface area contributed by atoms with Gasteiger partial charge in [-0.2, -0.15) is 0 Å². The molecule has 0 rings (SSSR count). The summed E-state index contributed by atoms with van der Waals surface area (Å²) >= 11 is 0. The van der Waals surface area contributed by atoms with Crippen LogP contribution < -0.4 is 0 Å². The van der Waals surface area contributed by atoms with Crippen LogP contribution in [-0.4, -0.2) is 22.3 Å².